The van der Waals surface area contributed by atoms with Crippen LogP contribution in [0.4, 0.5) is 0 Å². The fourth-order valence-corrected chi connectivity index (χ4v) is 3.40. The summed E-state index contributed by atoms with van der Waals surface area (Å²) in [5, 5.41) is 0. The van der Waals surface area contributed by atoms with Crippen LogP contribution in [-0.4, -0.2) is 42.3 Å². The molecule has 0 radical (unpaired) electrons. The summed E-state index contributed by atoms with van der Waals surface area (Å²) in [5.74, 6) is 0. The summed E-state index contributed by atoms with van der Waals surface area (Å²) in [7, 11) is 0. The van der Waals surface area contributed by atoms with Crippen LogP contribution in [0.3, 0.4) is 0 Å². The molecular formula is C16H24N2O. The molecule has 19 heavy (non-hydrogen) atoms. The van der Waals surface area contributed by atoms with Crippen LogP contribution in [0, 0.1) is 0 Å². The summed E-state index contributed by atoms with van der Waals surface area (Å²) in [6.07, 6.45) is 4.31. The third-order valence-electron chi connectivity index (χ3n) is 4.67. The first-order valence-electron chi connectivity index (χ1n) is 7.34. The van der Waals surface area contributed by atoms with Gasteiger partial charge in [-0.3, -0.25) is 4.90 Å². The minimum atomic E-state index is 0.0476. The fourth-order valence-electron chi connectivity index (χ4n) is 3.40. The lowest BCUT2D eigenvalue weighted by molar-refractivity contribution is -0.0726. The Kier molecular flexibility index (Phi) is 3.61. The number of rotatable bonds is 4. The molecule has 3 unspecified atom stereocenters. The number of hydrogen-bond acceptors (Lipinski definition) is 3. The highest BCUT2D eigenvalue weighted by Gasteiger charge is 2.41. The standard InChI is InChI=1S/C16H24N2O/c1-16(12-17,9-13-5-3-2-4-6-13)18-10-14-7-8-15(11-18)19-14/h2-6,14-15H,7-12,17H2,1H3. The van der Waals surface area contributed by atoms with Gasteiger partial charge in [-0.1, -0.05) is 30.3 Å². The van der Waals surface area contributed by atoms with Gasteiger partial charge >= 0.3 is 0 Å². The van der Waals surface area contributed by atoms with E-state index in [0.717, 1.165) is 19.5 Å². The van der Waals surface area contributed by atoms with Gasteiger partial charge < -0.3 is 10.5 Å². The molecule has 2 aliphatic rings. The minimum absolute atomic E-state index is 0.0476. The van der Waals surface area contributed by atoms with Crippen LogP contribution in [0.2, 0.25) is 0 Å². The molecule has 2 aliphatic heterocycles. The zero-order valence-electron chi connectivity index (χ0n) is 11.7. The highest BCUT2D eigenvalue weighted by molar-refractivity contribution is 5.18. The number of nitrogens with zero attached hydrogens (tertiary/aromatic N) is 1. The Bertz CT molecular complexity index is 410. The van der Waals surface area contributed by atoms with Crippen LogP contribution in [0.1, 0.15) is 25.3 Å². The van der Waals surface area contributed by atoms with Crippen molar-refractivity contribution in [3.05, 3.63) is 35.9 Å². The number of nitrogens with two attached hydrogens (primary N) is 1. The molecule has 1 aromatic rings. The van der Waals surface area contributed by atoms with Crippen molar-refractivity contribution < 1.29 is 4.74 Å². The number of fused-ring (bicyclic) bond motifs is 2. The lowest BCUT2D eigenvalue weighted by Crippen LogP contribution is -2.59. The molecule has 2 saturated heterocycles. The van der Waals surface area contributed by atoms with E-state index in [4.69, 9.17) is 10.5 Å². The third kappa shape index (κ3) is 2.69. The molecule has 3 heteroatoms. The van der Waals surface area contributed by atoms with E-state index in [0.29, 0.717) is 18.8 Å². The van der Waals surface area contributed by atoms with Crippen molar-refractivity contribution in [3.63, 3.8) is 0 Å². The number of benzene rings is 1. The van der Waals surface area contributed by atoms with Gasteiger partial charge in [-0.25, -0.2) is 0 Å². The Balaban J connectivity index is 1.75. The Hall–Kier alpha value is -0.900. The summed E-state index contributed by atoms with van der Waals surface area (Å²) in [4.78, 5) is 2.56. The molecule has 0 spiro atoms. The van der Waals surface area contributed by atoms with Crippen LogP contribution >= 0.6 is 0 Å². The summed E-state index contributed by atoms with van der Waals surface area (Å²) >= 11 is 0. The van der Waals surface area contributed by atoms with Crippen LogP contribution in [0.15, 0.2) is 30.3 Å². The zero-order chi connectivity index (χ0) is 13.3. The van der Waals surface area contributed by atoms with E-state index >= 15 is 0 Å². The smallest absolute Gasteiger partial charge is 0.0707 e. The van der Waals surface area contributed by atoms with Crippen LogP contribution in [0.25, 0.3) is 0 Å². The molecule has 0 saturated carbocycles. The largest absolute Gasteiger partial charge is 0.372 e. The molecule has 2 heterocycles. The van der Waals surface area contributed by atoms with Gasteiger partial charge in [-0.2, -0.15) is 0 Å². The number of likely N-dealkylation sites (tertiary alicyclic amines) is 1. The predicted octanol–water partition coefficient (Wildman–Crippen LogP) is 1.81. The van der Waals surface area contributed by atoms with E-state index < -0.39 is 0 Å². The molecule has 2 bridgehead atoms. The molecule has 0 aromatic heterocycles. The SMILES string of the molecule is CC(CN)(Cc1ccccc1)N1CC2CCC(C1)O2. The predicted molar refractivity (Wildman–Crippen MR) is 77.1 cm³/mol. The highest BCUT2D eigenvalue weighted by Crippen LogP contribution is 2.31. The van der Waals surface area contributed by atoms with Crippen molar-refractivity contribution in [2.75, 3.05) is 19.6 Å². The Morgan fingerprint density at radius 2 is 1.84 bits per heavy atom. The number of ether oxygens (including phenoxy) is 1. The van der Waals surface area contributed by atoms with Gasteiger partial charge in [0.1, 0.15) is 0 Å². The third-order valence-corrected chi connectivity index (χ3v) is 4.67. The van der Waals surface area contributed by atoms with Gasteiger partial charge in [0.25, 0.3) is 0 Å². The molecule has 1 aromatic carbocycles. The van der Waals surface area contributed by atoms with Crippen molar-refractivity contribution >= 4 is 0 Å². The average Bonchev–Trinajstić information content (AvgIpc) is 2.78. The van der Waals surface area contributed by atoms with E-state index in [9.17, 15) is 0 Å². The van der Waals surface area contributed by atoms with Gasteiger partial charge in [-0.05, 0) is 31.7 Å². The first kappa shape index (κ1) is 13.1. The molecule has 3 atom stereocenters. The lowest BCUT2D eigenvalue weighted by atomic mass is 9.90. The van der Waals surface area contributed by atoms with Gasteiger partial charge in [-0.15, -0.1) is 0 Å². The van der Waals surface area contributed by atoms with Crippen molar-refractivity contribution in [2.24, 2.45) is 5.73 Å². The van der Waals surface area contributed by atoms with Crippen LogP contribution in [-0.2, 0) is 11.2 Å². The number of morpholine rings is 1. The Labute approximate surface area is 115 Å². The molecule has 2 fully saturated rings. The first-order chi connectivity index (χ1) is 9.19. The van der Waals surface area contributed by atoms with Crippen molar-refractivity contribution in [2.45, 2.75) is 43.9 Å². The molecule has 0 aliphatic carbocycles. The quantitative estimate of drug-likeness (QED) is 0.897. The Morgan fingerprint density at radius 1 is 1.21 bits per heavy atom. The van der Waals surface area contributed by atoms with Gasteiger partial charge in [0.15, 0.2) is 0 Å². The van der Waals surface area contributed by atoms with Crippen molar-refractivity contribution in [1.82, 2.24) is 4.90 Å². The minimum Gasteiger partial charge on any atom is -0.372 e. The summed E-state index contributed by atoms with van der Waals surface area (Å²) < 4.78 is 5.93. The first-order valence-corrected chi connectivity index (χ1v) is 7.34. The molecule has 104 valence electrons. The monoisotopic (exact) mass is 260 g/mol. The zero-order valence-corrected chi connectivity index (χ0v) is 11.7. The molecule has 2 N–H and O–H groups in total. The average molecular weight is 260 g/mol. The topological polar surface area (TPSA) is 38.5 Å². The van der Waals surface area contributed by atoms with E-state index in [2.05, 4.69) is 42.2 Å². The molecule has 0 amide bonds. The van der Waals surface area contributed by atoms with Crippen LogP contribution < -0.4 is 5.73 Å². The van der Waals surface area contributed by atoms with Gasteiger partial charge in [0.05, 0.1) is 12.2 Å². The maximum Gasteiger partial charge on any atom is 0.0707 e. The summed E-state index contributed by atoms with van der Waals surface area (Å²) in [6, 6.07) is 10.7. The maximum atomic E-state index is 6.11. The van der Waals surface area contributed by atoms with E-state index in [1.807, 2.05) is 0 Å². The molecule has 3 rings (SSSR count). The second-order valence-electron chi connectivity index (χ2n) is 6.23. The summed E-state index contributed by atoms with van der Waals surface area (Å²) in [6.45, 7) is 5.07. The van der Waals surface area contributed by atoms with E-state index in [1.54, 1.807) is 0 Å². The maximum absolute atomic E-state index is 6.11. The second kappa shape index (κ2) is 5.23. The van der Waals surface area contributed by atoms with Gasteiger partial charge in [0.2, 0.25) is 0 Å². The number of hydrogen-bond donors (Lipinski definition) is 1. The fraction of sp³-hybridized carbons (Fsp3) is 0.625. The van der Waals surface area contributed by atoms with Gasteiger partial charge in [0, 0.05) is 25.2 Å². The van der Waals surface area contributed by atoms with E-state index in [-0.39, 0.29) is 5.54 Å². The Morgan fingerprint density at radius 3 is 2.42 bits per heavy atom. The van der Waals surface area contributed by atoms with Crippen LogP contribution in [0.5, 0.6) is 0 Å². The highest BCUT2D eigenvalue weighted by atomic mass is 16.5. The van der Waals surface area contributed by atoms with Crippen molar-refractivity contribution in [1.29, 1.82) is 0 Å². The van der Waals surface area contributed by atoms with Crippen molar-refractivity contribution in [3.8, 4) is 0 Å². The molecular weight excluding hydrogens is 236 g/mol. The lowest BCUT2D eigenvalue weighted by Gasteiger charge is -2.45. The van der Waals surface area contributed by atoms with E-state index in [1.165, 1.54) is 18.4 Å². The summed E-state index contributed by atoms with van der Waals surface area (Å²) in [5.41, 5.74) is 7.53. The normalized spacial score (nSPS) is 30.2. The molecule has 3 nitrogen and oxygen atoms in total. The second-order valence-corrected chi connectivity index (χ2v) is 6.23.